The predicted molar refractivity (Wildman–Crippen MR) is 69.7 cm³/mol. The Morgan fingerprint density at radius 3 is 2.82 bits per heavy atom. The van der Waals surface area contributed by atoms with E-state index in [1.165, 1.54) is 0 Å². The van der Waals surface area contributed by atoms with Crippen LogP contribution in [0.2, 0.25) is 0 Å². The molecule has 0 saturated heterocycles. The van der Waals surface area contributed by atoms with Crippen molar-refractivity contribution >= 4 is 21.5 Å². The maximum atomic E-state index is 11.4. The molecule has 6 nitrogen and oxygen atoms in total. The van der Waals surface area contributed by atoms with Crippen LogP contribution in [0.25, 0.3) is 0 Å². The van der Waals surface area contributed by atoms with Crippen molar-refractivity contribution in [2.24, 2.45) is 0 Å². The number of nitrogens with zero attached hydrogens (tertiary/aromatic N) is 1. The molecule has 0 atom stereocenters. The molecule has 3 N–H and O–H groups in total. The molecule has 17 heavy (non-hydrogen) atoms. The van der Waals surface area contributed by atoms with Crippen LogP contribution in [0.1, 0.15) is 6.92 Å². The first kappa shape index (κ1) is 13.7. The van der Waals surface area contributed by atoms with Crippen molar-refractivity contribution in [3.63, 3.8) is 0 Å². The Morgan fingerprint density at radius 1 is 1.41 bits per heavy atom. The van der Waals surface area contributed by atoms with Crippen molar-refractivity contribution in [2.45, 2.75) is 6.92 Å². The molecule has 0 aliphatic carbocycles. The quantitative estimate of drug-likeness (QED) is 0.662. The number of hydrogen-bond acceptors (Lipinski definition) is 5. The highest BCUT2D eigenvalue weighted by Gasteiger charge is 2.07. The normalized spacial score (nSPS) is 11.2. The molecule has 0 spiro atoms. The number of aromatic nitrogens is 1. The standard InChI is InChI=1S/C10H18N4O2S/c1-3-14-17(15,16)7-6-12-9-4-5-13-10(8-9)11-2/h4-5,8,14H,3,6-7H2,1-2H3,(H2,11,12,13). The molecule has 0 fully saturated rings. The second-order valence-electron chi connectivity index (χ2n) is 3.42. The molecule has 1 heterocycles. The molecule has 0 aliphatic rings. The van der Waals surface area contributed by atoms with Gasteiger partial charge in [0.15, 0.2) is 0 Å². The summed E-state index contributed by atoms with van der Waals surface area (Å²) in [4.78, 5) is 4.06. The molecule has 0 bridgehead atoms. The summed E-state index contributed by atoms with van der Waals surface area (Å²) in [5, 5.41) is 5.95. The molecule has 1 aromatic heterocycles. The minimum Gasteiger partial charge on any atom is -0.384 e. The maximum absolute atomic E-state index is 11.4. The molecule has 0 aliphatic heterocycles. The van der Waals surface area contributed by atoms with E-state index in [9.17, 15) is 8.42 Å². The average Bonchev–Trinajstić information content (AvgIpc) is 2.29. The van der Waals surface area contributed by atoms with Crippen molar-refractivity contribution in [1.29, 1.82) is 0 Å². The van der Waals surface area contributed by atoms with Crippen molar-refractivity contribution in [3.8, 4) is 0 Å². The first-order chi connectivity index (χ1) is 8.07. The zero-order valence-corrected chi connectivity index (χ0v) is 10.8. The summed E-state index contributed by atoms with van der Waals surface area (Å²) < 4.78 is 25.2. The molecular formula is C10H18N4O2S. The summed E-state index contributed by atoms with van der Waals surface area (Å²) in [5.74, 6) is 0.794. The van der Waals surface area contributed by atoms with Crippen LogP contribution < -0.4 is 15.4 Å². The van der Waals surface area contributed by atoms with Crippen molar-refractivity contribution < 1.29 is 8.42 Å². The van der Waals surface area contributed by atoms with E-state index in [-0.39, 0.29) is 5.75 Å². The van der Waals surface area contributed by atoms with Crippen molar-refractivity contribution in [2.75, 3.05) is 36.5 Å². The lowest BCUT2D eigenvalue weighted by atomic mass is 10.4. The zero-order chi connectivity index (χ0) is 12.7. The van der Waals surface area contributed by atoms with Gasteiger partial charge in [0.2, 0.25) is 10.0 Å². The lowest BCUT2D eigenvalue weighted by Crippen LogP contribution is -2.29. The molecule has 1 aromatic rings. The second kappa shape index (κ2) is 6.41. The van der Waals surface area contributed by atoms with Crippen LogP contribution in [-0.4, -0.2) is 39.3 Å². The Kier molecular flexibility index (Phi) is 5.17. The summed E-state index contributed by atoms with van der Waals surface area (Å²) in [5.41, 5.74) is 0.844. The minimum atomic E-state index is -3.16. The fourth-order valence-corrected chi connectivity index (χ4v) is 2.25. The van der Waals surface area contributed by atoms with Crippen LogP contribution in [0.3, 0.4) is 0 Å². The fraction of sp³-hybridized carbons (Fsp3) is 0.500. The second-order valence-corrected chi connectivity index (χ2v) is 5.35. The predicted octanol–water partition coefficient (Wildman–Crippen LogP) is 0.474. The fourth-order valence-electron chi connectivity index (χ4n) is 1.30. The number of anilines is 2. The van der Waals surface area contributed by atoms with Gasteiger partial charge in [0.25, 0.3) is 0 Å². The molecule has 0 aromatic carbocycles. The smallest absolute Gasteiger partial charge is 0.213 e. The van der Waals surface area contributed by atoms with Crippen LogP contribution in [0.5, 0.6) is 0 Å². The van der Waals surface area contributed by atoms with E-state index in [4.69, 9.17) is 0 Å². The van der Waals surface area contributed by atoms with Gasteiger partial charge in [-0.25, -0.2) is 18.1 Å². The zero-order valence-electron chi connectivity index (χ0n) is 10.0. The third kappa shape index (κ3) is 5.01. The highest BCUT2D eigenvalue weighted by atomic mass is 32.2. The lowest BCUT2D eigenvalue weighted by Gasteiger charge is -2.08. The first-order valence-electron chi connectivity index (χ1n) is 5.42. The number of sulfonamides is 1. The number of pyridine rings is 1. The SMILES string of the molecule is CCNS(=O)(=O)CCNc1ccnc(NC)c1. The van der Waals surface area contributed by atoms with E-state index >= 15 is 0 Å². The third-order valence-electron chi connectivity index (χ3n) is 2.08. The van der Waals surface area contributed by atoms with Crippen molar-refractivity contribution in [3.05, 3.63) is 18.3 Å². The molecule has 0 amide bonds. The van der Waals surface area contributed by atoms with E-state index in [0.29, 0.717) is 13.1 Å². The Bertz CT molecular complexity index is 447. The molecule has 7 heteroatoms. The van der Waals surface area contributed by atoms with Gasteiger partial charge in [-0.05, 0) is 6.07 Å². The monoisotopic (exact) mass is 258 g/mol. The van der Waals surface area contributed by atoms with E-state index in [1.54, 1.807) is 26.2 Å². The largest absolute Gasteiger partial charge is 0.384 e. The highest BCUT2D eigenvalue weighted by molar-refractivity contribution is 7.89. The van der Waals surface area contributed by atoms with Gasteiger partial charge in [0.05, 0.1) is 5.75 Å². The summed E-state index contributed by atoms with van der Waals surface area (Å²) in [6.45, 7) is 2.54. The van der Waals surface area contributed by atoms with Gasteiger partial charge in [-0.1, -0.05) is 6.92 Å². The molecule has 96 valence electrons. The van der Waals surface area contributed by atoms with Crippen molar-refractivity contribution in [1.82, 2.24) is 9.71 Å². The first-order valence-corrected chi connectivity index (χ1v) is 7.07. The molecule has 0 radical (unpaired) electrons. The Labute approximate surface area is 102 Å². The highest BCUT2D eigenvalue weighted by Crippen LogP contribution is 2.10. The van der Waals surface area contributed by atoms with E-state index in [1.807, 2.05) is 6.07 Å². The van der Waals surface area contributed by atoms with Gasteiger partial charge in [0.1, 0.15) is 5.82 Å². The average molecular weight is 258 g/mol. The molecule has 0 saturated carbocycles. The van der Waals surface area contributed by atoms with Crippen LogP contribution in [0, 0.1) is 0 Å². The van der Waals surface area contributed by atoms with Crippen LogP contribution >= 0.6 is 0 Å². The summed E-state index contributed by atoms with van der Waals surface area (Å²) in [6.07, 6.45) is 1.66. The Hall–Kier alpha value is -1.34. The summed E-state index contributed by atoms with van der Waals surface area (Å²) in [6, 6.07) is 3.61. The molecule has 1 rings (SSSR count). The number of rotatable bonds is 7. The number of hydrogen-bond donors (Lipinski definition) is 3. The Balaban J connectivity index is 2.45. The van der Waals surface area contributed by atoms with Gasteiger partial charge >= 0.3 is 0 Å². The van der Waals surface area contributed by atoms with Gasteiger partial charge in [-0.3, -0.25) is 0 Å². The van der Waals surface area contributed by atoms with Crippen LogP contribution in [-0.2, 0) is 10.0 Å². The molecular weight excluding hydrogens is 240 g/mol. The van der Waals surface area contributed by atoms with E-state index in [2.05, 4.69) is 20.3 Å². The van der Waals surface area contributed by atoms with E-state index < -0.39 is 10.0 Å². The lowest BCUT2D eigenvalue weighted by molar-refractivity contribution is 0.584. The van der Waals surface area contributed by atoms with Gasteiger partial charge in [-0.15, -0.1) is 0 Å². The van der Waals surface area contributed by atoms with Crippen LogP contribution in [0.4, 0.5) is 11.5 Å². The third-order valence-corrected chi connectivity index (χ3v) is 3.55. The van der Waals surface area contributed by atoms with Gasteiger partial charge < -0.3 is 10.6 Å². The minimum absolute atomic E-state index is 0.0536. The Morgan fingerprint density at radius 2 is 2.18 bits per heavy atom. The number of nitrogens with one attached hydrogen (secondary N) is 3. The van der Waals surface area contributed by atoms with Crippen LogP contribution in [0.15, 0.2) is 18.3 Å². The van der Waals surface area contributed by atoms with E-state index in [0.717, 1.165) is 11.5 Å². The maximum Gasteiger partial charge on any atom is 0.213 e. The summed E-state index contributed by atoms with van der Waals surface area (Å²) in [7, 11) is -1.38. The topological polar surface area (TPSA) is 83.1 Å². The van der Waals surface area contributed by atoms with Gasteiger partial charge in [0, 0.05) is 38.1 Å². The molecule has 0 unspecified atom stereocenters. The van der Waals surface area contributed by atoms with Gasteiger partial charge in [-0.2, -0.15) is 0 Å². The summed E-state index contributed by atoms with van der Waals surface area (Å²) >= 11 is 0.